The molecule has 1 aliphatic heterocycles. The Bertz CT molecular complexity index is 722. The van der Waals surface area contributed by atoms with Crippen molar-refractivity contribution in [2.75, 3.05) is 18.4 Å². The molecule has 0 aliphatic carbocycles. The minimum atomic E-state index is -0.433. The number of carbonyl (C=O) groups excluding carboxylic acids is 3. The monoisotopic (exact) mass is 371 g/mol. The molecule has 0 bridgehead atoms. The minimum absolute atomic E-state index is 0.0699. The lowest BCUT2D eigenvalue weighted by Crippen LogP contribution is -2.61. The van der Waals surface area contributed by atoms with Crippen molar-refractivity contribution in [1.29, 1.82) is 0 Å². The summed E-state index contributed by atoms with van der Waals surface area (Å²) in [6.45, 7) is 14.1. The molecular formula is C21H29N3O3. The van der Waals surface area contributed by atoms with Crippen molar-refractivity contribution in [1.82, 2.24) is 9.80 Å². The molecule has 1 N–H and O–H groups in total. The van der Waals surface area contributed by atoms with Gasteiger partial charge in [-0.15, -0.1) is 0 Å². The highest BCUT2D eigenvalue weighted by Gasteiger charge is 2.38. The number of carbonyl (C=O) groups is 3. The van der Waals surface area contributed by atoms with Crippen LogP contribution < -0.4 is 5.32 Å². The van der Waals surface area contributed by atoms with Crippen molar-refractivity contribution in [3.05, 3.63) is 42.5 Å². The number of anilines is 1. The number of amides is 3. The van der Waals surface area contributed by atoms with Crippen molar-refractivity contribution in [2.24, 2.45) is 5.41 Å². The number of nitrogens with one attached hydrogen (secondary N) is 1. The van der Waals surface area contributed by atoms with E-state index in [1.807, 2.05) is 44.4 Å². The minimum Gasteiger partial charge on any atom is -0.338 e. The first-order valence-corrected chi connectivity index (χ1v) is 9.20. The molecule has 3 amide bonds. The van der Waals surface area contributed by atoms with Crippen LogP contribution in [0.3, 0.4) is 0 Å². The standard InChI is InChI=1S/C21H29N3O3/c1-7-18(25)22-17-10-8-16(9-11-17)19(26)24-14(2)12-23(13-15(24)3)20(27)21(4,5)6/h7-11,14-15H,1,12-13H2,2-6H3,(H,22,25). The van der Waals surface area contributed by atoms with Crippen LogP contribution in [0.1, 0.15) is 45.0 Å². The van der Waals surface area contributed by atoms with Gasteiger partial charge in [0.2, 0.25) is 11.8 Å². The number of benzene rings is 1. The summed E-state index contributed by atoms with van der Waals surface area (Å²) in [4.78, 5) is 40.6. The Kier molecular flexibility index (Phi) is 6.08. The maximum Gasteiger partial charge on any atom is 0.254 e. The van der Waals surface area contributed by atoms with E-state index in [4.69, 9.17) is 0 Å². The number of piperazine rings is 1. The number of rotatable bonds is 3. The van der Waals surface area contributed by atoms with Crippen LogP contribution in [-0.2, 0) is 9.59 Å². The fourth-order valence-corrected chi connectivity index (χ4v) is 3.40. The SMILES string of the molecule is C=CC(=O)Nc1ccc(C(=O)N2C(C)CN(C(=O)C(C)(C)C)CC2C)cc1. The smallest absolute Gasteiger partial charge is 0.254 e. The molecule has 2 atom stereocenters. The van der Waals surface area contributed by atoms with E-state index in [0.717, 1.165) is 0 Å². The van der Waals surface area contributed by atoms with Gasteiger partial charge in [0.25, 0.3) is 5.91 Å². The highest BCUT2D eigenvalue weighted by atomic mass is 16.2. The van der Waals surface area contributed by atoms with E-state index < -0.39 is 5.41 Å². The molecule has 0 aromatic heterocycles. The molecule has 1 aliphatic rings. The summed E-state index contributed by atoms with van der Waals surface area (Å²) in [5, 5.41) is 2.66. The lowest BCUT2D eigenvalue weighted by molar-refractivity contribution is -0.143. The van der Waals surface area contributed by atoms with Crippen molar-refractivity contribution in [3.63, 3.8) is 0 Å². The summed E-state index contributed by atoms with van der Waals surface area (Å²) in [7, 11) is 0. The molecule has 0 spiro atoms. The molecule has 1 heterocycles. The van der Waals surface area contributed by atoms with Gasteiger partial charge in [-0.2, -0.15) is 0 Å². The third-order valence-corrected chi connectivity index (χ3v) is 4.67. The fourth-order valence-electron chi connectivity index (χ4n) is 3.40. The quantitative estimate of drug-likeness (QED) is 0.831. The van der Waals surface area contributed by atoms with E-state index in [1.165, 1.54) is 6.08 Å². The van der Waals surface area contributed by atoms with Crippen molar-refractivity contribution in [3.8, 4) is 0 Å². The van der Waals surface area contributed by atoms with Crippen molar-refractivity contribution >= 4 is 23.4 Å². The second-order valence-corrected chi connectivity index (χ2v) is 8.14. The molecule has 6 heteroatoms. The summed E-state index contributed by atoms with van der Waals surface area (Å²) in [5.41, 5.74) is 0.733. The van der Waals surface area contributed by atoms with E-state index in [-0.39, 0.29) is 29.8 Å². The second-order valence-electron chi connectivity index (χ2n) is 8.14. The first kappa shape index (κ1) is 20.7. The van der Waals surface area contributed by atoms with Gasteiger partial charge in [-0.25, -0.2) is 0 Å². The average Bonchev–Trinajstić information content (AvgIpc) is 2.59. The Balaban J connectivity index is 2.11. The zero-order valence-electron chi connectivity index (χ0n) is 16.8. The molecule has 2 unspecified atom stereocenters. The molecule has 1 aromatic rings. The predicted molar refractivity (Wildman–Crippen MR) is 106 cm³/mol. The molecule has 27 heavy (non-hydrogen) atoms. The first-order valence-electron chi connectivity index (χ1n) is 9.20. The van der Waals surface area contributed by atoms with Crippen molar-refractivity contribution in [2.45, 2.75) is 46.7 Å². The number of hydrogen-bond acceptors (Lipinski definition) is 3. The van der Waals surface area contributed by atoms with Gasteiger partial charge in [-0.05, 0) is 44.2 Å². The Morgan fingerprint density at radius 1 is 1.07 bits per heavy atom. The third kappa shape index (κ3) is 4.76. The van der Waals surface area contributed by atoms with Crippen LogP contribution in [0.25, 0.3) is 0 Å². The molecule has 2 rings (SSSR count). The zero-order chi connectivity index (χ0) is 20.4. The molecule has 6 nitrogen and oxygen atoms in total. The van der Waals surface area contributed by atoms with Gasteiger partial charge in [0.05, 0.1) is 0 Å². The van der Waals surface area contributed by atoms with E-state index in [9.17, 15) is 14.4 Å². The summed E-state index contributed by atoms with van der Waals surface area (Å²) in [5.74, 6) is -0.258. The maximum absolute atomic E-state index is 13.0. The van der Waals surface area contributed by atoms with E-state index in [1.54, 1.807) is 24.3 Å². The normalized spacial score (nSPS) is 20.2. The van der Waals surface area contributed by atoms with Crippen LogP contribution in [0.2, 0.25) is 0 Å². The molecule has 0 saturated carbocycles. The average molecular weight is 371 g/mol. The maximum atomic E-state index is 13.0. The van der Waals surface area contributed by atoms with Gasteiger partial charge < -0.3 is 15.1 Å². The summed E-state index contributed by atoms with van der Waals surface area (Å²) in [6.07, 6.45) is 1.20. The number of hydrogen-bond donors (Lipinski definition) is 1. The van der Waals surface area contributed by atoms with Gasteiger partial charge in [0, 0.05) is 41.8 Å². The largest absolute Gasteiger partial charge is 0.338 e. The molecule has 1 fully saturated rings. The number of nitrogens with zero attached hydrogens (tertiary/aromatic N) is 2. The van der Waals surface area contributed by atoms with Crippen LogP contribution >= 0.6 is 0 Å². The van der Waals surface area contributed by atoms with Gasteiger partial charge >= 0.3 is 0 Å². The zero-order valence-corrected chi connectivity index (χ0v) is 16.8. The van der Waals surface area contributed by atoms with Crippen LogP contribution in [-0.4, -0.2) is 52.7 Å². The van der Waals surface area contributed by atoms with Crippen molar-refractivity contribution < 1.29 is 14.4 Å². The van der Waals surface area contributed by atoms with Gasteiger partial charge in [-0.3, -0.25) is 14.4 Å². The lowest BCUT2D eigenvalue weighted by atomic mass is 9.93. The molecule has 0 radical (unpaired) electrons. The van der Waals surface area contributed by atoms with E-state index in [2.05, 4.69) is 11.9 Å². The summed E-state index contributed by atoms with van der Waals surface area (Å²) >= 11 is 0. The Morgan fingerprint density at radius 2 is 1.59 bits per heavy atom. The van der Waals surface area contributed by atoms with Gasteiger partial charge in [0.15, 0.2) is 0 Å². The second kappa shape index (κ2) is 7.94. The van der Waals surface area contributed by atoms with E-state index >= 15 is 0 Å². The van der Waals surface area contributed by atoms with Crippen LogP contribution in [0.5, 0.6) is 0 Å². The predicted octanol–water partition coefficient (Wildman–Crippen LogP) is 2.92. The van der Waals surface area contributed by atoms with Gasteiger partial charge in [-0.1, -0.05) is 27.4 Å². The highest BCUT2D eigenvalue weighted by molar-refractivity contribution is 6.00. The van der Waals surface area contributed by atoms with E-state index in [0.29, 0.717) is 24.3 Å². The summed E-state index contributed by atoms with van der Waals surface area (Å²) in [6, 6.07) is 6.65. The topological polar surface area (TPSA) is 69.7 Å². The summed E-state index contributed by atoms with van der Waals surface area (Å²) < 4.78 is 0. The van der Waals surface area contributed by atoms with Gasteiger partial charge in [0.1, 0.15) is 0 Å². The van der Waals surface area contributed by atoms with Crippen LogP contribution in [0.15, 0.2) is 36.9 Å². The van der Waals surface area contributed by atoms with Crippen LogP contribution in [0.4, 0.5) is 5.69 Å². The highest BCUT2D eigenvalue weighted by Crippen LogP contribution is 2.24. The van der Waals surface area contributed by atoms with Crippen LogP contribution in [0, 0.1) is 5.41 Å². The first-order chi connectivity index (χ1) is 12.5. The molecule has 1 aromatic carbocycles. The Labute approximate surface area is 161 Å². The Hall–Kier alpha value is -2.63. The third-order valence-electron chi connectivity index (χ3n) is 4.67. The lowest BCUT2D eigenvalue weighted by Gasteiger charge is -2.46. The fraction of sp³-hybridized carbons (Fsp3) is 0.476. The molecular weight excluding hydrogens is 342 g/mol. The molecule has 146 valence electrons. The molecule has 1 saturated heterocycles. The Morgan fingerprint density at radius 3 is 2.04 bits per heavy atom.